The number of carbonyl (C=O) groups is 2. The van der Waals surface area contributed by atoms with Gasteiger partial charge in [-0.15, -0.1) is 0 Å². The molecule has 1 saturated carbocycles. The first kappa shape index (κ1) is 36.1. The van der Waals surface area contributed by atoms with E-state index >= 15 is 0 Å². The Morgan fingerprint density at radius 2 is 1.49 bits per heavy atom. The average Bonchev–Trinajstić information content (AvgIpc) is 3.80. The van der Waals surface area contributed by atoms with Gasteiger partial charge in [-0.25, -0.2) is 9.59 Å². The fourth-order valence-electron chi connectivity index (χ4n) is 6.60. The molecule has 51 heavy (non-hydrogen) atoms. The highest BCUT2D eigenvalue weighted by molar-refractivity contribution is 5.88. The first-order valence-electron chi connectivity index (χ1n) is 15.9. The number of esters is 2. The van der Waals surface area contributed by atoms with Crippen molar-refractivity contribution in [1.29, 1.82) is 0 Å². The van der Waals surface area contributed by atoms with Crippen LogP contribution in [0.2, 0.25) is 0 Å². The van der Waals surface area contributed by atoms with Crippen LogP contribution in [0.15, 0.2) is 60.9 Å². The van der Waals surface area contributed by atoms with E-state index in [1.165, 1.54) is 69.1 Å². The van der Waals surface area contributed by atoms with Crippen LogP contribution >= 0.6 is 0 Å². The highest BCUT2D eigenvalue weighted by atomic mass is 16.8. The van der Waals surface area contributed by atoms with Gasteiger partial charge in [0.15, 0.2) is 29.3 Å². The van der Waals surface area contributed by atoms with Crippen molar-refractivity contribution >= 4 is 24.1 Å². The lowest BCUT2D eigenvalue weighted by Crippen LogP contribution is -2.60. The minimum Gasteiger partial charge on any atom is -0.504 e. The number of hydrogen-bond acceptors (Lipinski definition) is 16. The number of methoxy groups -OCH3 is 2. The molecule has 274 valence electrons. The number of hydrogen-bond donors (Lipinski definition) is 6. The van der Waals surface area contributed by atoms with Gasteiger partial charge in [-0.3, -0.25) is 0 Å². The zero-order chi connectivity index (χ0) is 36.4. The highest BCUT2D eigenvalue weighted by Crippen LogP contribution is 2.61. The van der Waals surface area contributed by atoms with Crippen LogP contribution in [0.25, 0.3) is 12.2 Å². The van der Waals surface area contributed by atoms with E-state index in [1.54, 1.807) is 18.2 Å². The second-order valence-electron chi connectivity index (χ2n) is 12.3. The predicted molar refractivity (Wildman–Crippen MR) is 172 cm³/mol. The molecular weight excluding hydrogens is 676 g/mol. The number of epoxide rings is 1. The summed E-state index contributed by atoms with van der Waals surface area (Å²) in [7, 11) is 2.79. The van der Waals surface area contributed by atoms with Crippen LogP contribution in [-0.2, 0) is 38.0 Å². The molecule has 1 aliphatic carbocycles. The normalized spacial score (nSPS) is 33.7. The van der Waals surface area contributed by atoms with Gasteiger partial charge < -0.3 is 68.5 Å². The second-order valence-corrected chi connectivity index (χ2v) is 12.3. The number of phenols is 2. The first-order valence-corrected chi connectivity index (χ1v) is 15.9. The molecule has 4 aliphatic rings. The third kappa shape index (κ3) is 7.25. The summed E-state index contributed by atoms with van der Waals surface area (Å²) in [5.74, 6) is -2.62. The lowest BCUT2D eigenvalue weighted by atomic mass is 9.85. The lowest BCUT2D eigenvalue weighted by molar-refractivity contribution is -0.344. The van der Waals surface area contributed by atoms with Crippen LogP contribution < -0.4 is 9.47 Å². The van der Waals surface area contributed by atoms with Crippen molar-refractivity contribution in [2.45, 2.75) is 54.8 Å². The van der Waals surface area contributed by atoms with Crippen molar-refractivity contribution in [3.05, 3.63) is 72.0 Å². The molecule has 0 bridgehead atoms. The van der Waals surface area contributed by atoms with Crippen LogP contribution in [0.3, 0.4) is 0 Å². The zero-order valence-corrected chi connectivity index (χ0v) is 27.4. The Kier molecular flexibility index (Phi) is 10.5. The van der Waals surface area contributed by atoms with E-state index in [4.69, 9.17) is 37.9 Å². The molecule has 11 atom stereocenters. The molecule has 6 N–H and O–H groups in total. The Morgan fingerprint density at radius 1 is 0.863 bits per heavy atom. The summed E-state index contributed by atoms with van der Waals surface area (Å²) >= 11 is 0. The first-order chi connectivity index (χ1) is 24.5. The third-order valence-corrected chi connectivity index (χ3v) is 9.27. The number of phenolic OH excluding ortho intramolecular Hbond substituents is 2. The Balaban J connectivity index is 1.21. The number of aliphatic hydroxyl groups is 4. The number of aliphatic hydroxyl groups excluding tert-OH is 4. The van der Waals surface area contributed by atoms with Gasteiger partial charge in [0.2, 0.25) is 6.29 Å². The van der Waals surface area contributed by atoms with E-state index in [0.717, 1.165) is 0 Å². The van der Waals surface area contributed by atoms with Crippen molar-refractivity contribution in [2.24, 2.45) is 11.8 Å². The van der Waals surface area contributed by atoms with Crippen LogP contribution in [0.5, 0.6) is 23.0 Å². The van der Waals surface area contributed by atoms with E-state index in [2.05, 4.69) is 0 Å². The Morgan fingerprint density at radius 3 is 2.10 bits per heavy atom. The molecule has 0 radical (unpaired) electrons. The standard InChI is InChI=1S/C35H38O16/c1-44-22-13-17(3-7-20(22)37)5-9-25(39)47-16-35-27-19(11-12-46-33(27)50-34-30(43)29(42)28(41)24(15-36)48-34)31(32(35)51-35)49-26(40)10-6-18-4-8-21(38)23(14-18)45-2/h3-14,19,24,27-34,36-38,41-43H,15-16H2,1-2H3/b9-5+,10-6+/t19-,24-,27-,28-,29+,30-,31+,32+,33+,34+,35-/m1/s1. The topological polar surface area (TPSA) is 233 Å². The minimum absolute atomic E-state index is 0.0694. The van der Waals surface area contributed by atoms with E-state index in [0.29, 0.717) is 11.1 Å². The quantitative estimate of drug-likeness (QED) is 0.0990. The number of rotatable bonds is 12. The Labute approximate surface area is 291 Å². The number of carbonyl (C=O) groups excluding carboxylic acids is 2. The maximum atomic E-state index is 13.1. The van der Waals surface area contributed by atoms with Gasteiger partial charge in [0.1, 0.15) is 48.8 Å². The van der Waals surface area contributed by atoms with Gasteiger partial charge in [0.25, 0.3) is 0 Å². The average molecular weight is 715 g/mol. The molecular formula is C35H38O16. The fourth-order valence-corrected chi connectivity index (χ4v) is 6.60. The summed E-state index contributed by atoms with van der Waals surface area (Å²) < 4.78 is 45.1. The van der Waals surface area contributed by atoms with Gasteiger partial charge in [-0.1, -0.05) is 12.1 Å². The predicted octanol–water partition coefficient (Wildman–Crippen LogP) is 0.367. The fraction of sp³-hybridized carbons (Fsp3) is 0.429. The van der Waals surface area contributed by atoms with Gasteiger partial charge in [-0.05, 0) is 53.6 Å². The molecule has 3 fully saturated rings. The second kappa shape index (κ2) is 14.9. The third-order valence-electron chi connectivity index (χ3n) is 9.27. The van der Waals surface area contributed by atoms with Gasteiger partial charge >= 0.3 is 11.9 Å². The molecule has 2 aromatic rings. The van der Waals surface area contributed by atoms with Crippen molar-refractivity contribution in [1.82, 2.24) is 0 Å². The summed E-state index contributed by atoms with van der Waals surface area (Å²) in [5, 5.41) is 60.5. The van der Waals surface area contributed by atoms with E-state index in [-0.39, 0.29) is 29.6 Å². The molecule has 6 rings (SSSR count). The van der Waals surface area contributed by atoms with Crippen LogP contribution in [0, 0.1) is 11.8 Å². The maximum absolute atomic E-state index is 13.1. The SMILES string of the molecule is COc1cc(/C=C/C(=O)OC[C@]23O[C@H]2[C@@H](OC(=O)/C=C/c2ccc(O)c(OC)c2)[C@@H]2C=CO[C@@H](O[C@@H]4O[C@H](CO)[C@@H](O)[C@H](O)[C@H]4O)[C@@H]23)ccc1O. The number of benzene rings is 2. The molecule has 0 aromatic heterocycles. The molecule has 2 aromatic carbocycles. The molecule has 0 spiro atoms. The molecule has 3 heterocycles. The van der Waals surface area contributed by atoms with E-state index in [1.807, 2.05) is 0 Å². The smallest absolute Gasteiger partial charge is 0.331 e. The Bertz CT molecular complexity index is 1690. The molecule has 16 heteroatoms. The van der Waals surface area contributed by atoms with E-state index in [9.17, 15) is 40.2 Å². The largest absolute Gasteiger partial charge is 0.504 e. The summed E-state index contributed by atoms with van der Waals surface area (Å²) in [6, 6.07) is 9.03. The summed E-state index contributed by atoms with van der Waals surface area (Å²) in [6.45, 7) is -1.01. The van der Waals surface area contributed by atoms with Crippen molar-refractivity contribution < 1.29 is 78.1 Å². The summed E-state index contributed by atoms with van der Waals surface area (Å²) in [6.07, 6.45) is -2.60. The minimum atomic E-state index is -1.73. The molecule has 0 amide bonds. The number of aromatic hydroxyl groups is 2. The van der Waals surface area contributed by atoms with Gasteiger partial charge in [-0.2, -0.15) is 0 Å². The zero-order valence-electron chi connectivity index (χ0n) is 27.4. The summed E-state index contributed by atoms with van der Waals surface area (Å²) in [5.41, 5.74) is -0.197. The summed E-state index contributed by atoms with van der Waals surface area (Å²) in [4.78, 5) is 26.0. The van der Waals surface area contributed by atoms with Crippen LogP contribution in [-0.4, -0.2) is 125 Å². The van der Waals surface area contributed by atoms with Crippen molar-refractivity contribution in [3.8, 4) is 23.0 Å². The highest BCUT2D eigenvalue weighted by Gasteiger charge is 2.78. The van der Waals surface area contributed by atoms with E-state index < -0.39 is 85.2 Å². The van der Waals surface area contributed by atoms with Crippen molar-refractivity contribution in [3.63, 3.8) is 0 Å². The number of ether oxygens (including phenoxy) is 8. The monoisotopic (exact) mass is 714 g/mol. The van der Waals surface area contributed by atoms with Crippen molar-refractivity contribution in [2.75, 3.05) is 27.4 Å². The van der Waals surface area contributed by atoms with Gasteiger partial charge in [0.05, 0.1) is 33.0 Å². The number of fused-ring (bicyclic) bond motifs is 3. The lowest BCUT2D eigenvalue weighted by Gasteiger charge is -2.43. The van der Waals surface area contributed by atoms with Gasteiger partial charge in [0, 0.05) is 18.1 Å². The molecule has 16 nitrogen and oxygen atoms in total. The maximum Gasteiger partial charge on any atom is 0.331 e. The van der Waals surface area contributed by atoms with Crippen LogP contribution in [0.4, 0.5) is 0 Å². The molecule has 0 unspecified atom stereocenters. The molecule has 3 aliphatic heterocycles. The Hall–Kier alpha value is -4.68. The molecule has 2 saturated heterocycles. The van der Waals surface area contributed by atoms with Crippen LogP contribution in [0.1, 0.15) is 11.1 Å².